The van der Waals surface area contributed by atoms with Crippen LogP contribution in [0.5, 0.6) is 0 Å². The first-order chi connectivity index (χ1) is 9.81. The van der Waals surface area contributed by atoms with Crippen LogP contribution in [0.3, 0.4) is 0 Å². The predicted molar refractivity (Wildman–Crippen MR) is 79.4 cm³/mol. The summed E-state index contributed by atoms with van der Waals surface area (Å²) in [5.41, 5.74) is 2.11. The Bertz CT molecular complexity index is 496. The number of rotatable bonds is 2. The first-order valence-corrected chi connectivity index (χ1v) is 7.24. The van der Waals surface area contributed by atoms with Crippen LogP contribution in [-0.2, 0) is 15.3 Å². The van der Waals surface area contributed by atoms with Crippen molar-refractivity contribution in [1.29, 1.82) is 0 Å². The number of benzene rings is 2. The van der Waals surface area contributed by atoms with Crippen molar-refractivity contribution in [2.45, 2.75) is 31.7 Å². The number of hydrogen-bond donors (Lipinski definition) is 0. The van der Waals surface area contributed by atoms with Crippen LogP contribution in [0, 0.1) is 0 Å². The Morgan fingerprint density at radius 3 is 2.00 bits per heavy atom. The van der Waals surface area contributed by atoms with Crippen LogP contribution < -0.4 is 0 Å². The minimum absolute atomic E-state index is 0.179. The third kappa shape index (κ3) is 2.49. The van der Waals surface area contributed by atoms with Gasteiger partial charge in [0.2, 0.25) is 5.79 Å². The van der Waals surface area contributed by atoms with Gasteiger partial charge in [0.1, 0.15) is 0 Å². The molecule has 1 atom stereocenters. The van der Waals surface area contributed by atoms with Gasteiger partial charge in [-0.15, -0.1) is 0 Å². The molecule has 2 heteroatoms. The lowest BCUT2D eigenvalue weighted by atomic mass is 9.97. The molecule has 20 heavy (non-hydrogen) atoms. The van der Waals surface area contributed by atoms with E-state index in [1.165, 1.54) is 0 Å². The lowest BCUT2D eigenvalue weighted by molar-refractivity contribution is -0.224. The molecule has 1 heterocycles. The molecule has 0 spiro atoms. The van der Waals surface area contributed by atoms with Gasteiger partial charge in [0.15, 0.2) is 0 Å². The van der Waals surface area contributed by atoms with E-state index in [-0.39, 0.29) is 6.10 Å². The van der Waals surface area contributed by atoms with Crippen LogP contribution in [0.25, 0.3) is 0 Å². The van der Waals surface area contributed by atoms with E-state index in [2.05, 4.69) is 31.2 Å². The average molecular weight is 268 g/mol. The first kappa shape index (κ1) is 13.3. The Morgan fingerprint density at radius 2 is 1.45 bits per heavy atom. The quantitative estimate of drug-likeness (QED) is 0.816. The molecule has 0 bridgehead atoms. The van der Waals surface area contributed by atoms with E-state index in [9.17, 15) is 0 Å². The number of ether oxygens (including phenoxy) is 2. The van der Waals surface area contributed by atoms with Gasteiger partial charge in [-0.3, -0.25) is 0 Å². The Balaban J connectivity index is 2.12. The van der Waals surface area contributed by atoms with Crippen LogP contribution in [0.4, 0.5) is 0 Å². The summed E-state index contributed by atoms with van der Waals surface area (Å²) >= 11 is 0. The van der Waals surface area contributed by atoms with Gasteiger partial charge in [-0.25, -0.2) is 0 Å². The molecule has 0 aliphatic carbocycles. The molecule has 0 amide bonds. The Labute approximate surface area is 120 Å². The molecule has 1 saturated heterocycles. The van der Waals surface area contributed by atoms with Gasteiger partial charge < -0.3 is 9.47 Å². The largest absolute Gasteiger partial charge is 0.342 e. The minimum Gasteiger partial charge on any atom is -0.342 e. The molecule has 2 aromatic carbocycles. The highest BCUT2D eigenvalue weighted by Gasteiger charge is 2.39. The molecule has 2 nitrogen and oxygen atoms in total. The van der Waals surface area contributed by atoms with Gasteiger partial charge in [0.25, 0.3) is 0 Å². The van der Waals surface area contributed by atoms with Crippen molar-refractivity contribution in [2.75, 3.05) is 6.61 Å². The zero-order valence-electron chi connectivity index (χ0n) is 11.8. The first-order valence-electron chi connectivity index (χ1n) is 7.24. The van der Waals surface area contributed by atoms with Crippen molar-refractivity contribution in [2.24, 2.45) is 0 Å². The Hall–Kier alpha value is -1.64. The molecule has 0 N–H and O–H groups in total. The van der Waals surface area contributed by atoms with Crippen molar-refractivity contribution >= 4 is 0 Å². The smallest absolute Gasteiger partial charge is 0.222 e. The standard InChI is InChI=1S/C18H20O2/c1-15-9-8-14-19-18(20-15,16-10-4-2-5-11-16)17-12-6-3-7-13-17/h2-7,10-13,15H,8-9,14H2,1H3. The van der Waals surface area contributed by atoms with E-state index in [1.54, 1.807) is 0 Å². The van der Waals surface area contributed by atoms with Gasteiger partial charge >= 0.3 is 0 Å². The second-order valence-corrected chi connectivity index (χ2v) is 5.27. The second-order valence-electron chi connectivity index (χ2n) is 5.27. The van der Waals surface area contributed by atoms with Gasteiger partial charge in [0, 0.05) is 11.1 Å². The van der Waals surface area contributed by atoms with Crippen molar-refractivity contribution in [3.8, 4) is 0 Å². The maximum absolute atomic E-state index is 6.35. The molecule has 1 unspecified atom stereocenters. The Morgan fingerprint density at radius 1 is 0.900 bits per heavy atom. The Kier molecular flexibility index (Phi) is 3.86. The fourth-order valence-corrected chi connectivity index (χ4v) is 2.75. The number of hydrogen-bond acceptors (Lipinski definition) is 2. The molecule has 2 aromatic rings. The van der Waals surface area contributed by atoms with Crippen LogP contribution in [0.1, 0.15) is 30.9 Å². The fraction of sp³-hybridized carbons (Fsp3) is 0.333. The molecule has 0 radical (unpaired) electrons. The molecule has 0 saturated carbocycles. The van der Waals surface area contributed by atoms with Crippen LogP contribution in [0.2, 0.25) is 0 Å². The summed E-state index contributed by atoms with van der Waals surface area (Å²) in [4.78, 5) is 0. The third-order valence-corrected chi connectivity index (χ3v) is 3.74. The average Bonchev–Trinajstić information content (AvgIpc) is 2.72. The zero-order chi connectivity index (χ0) is 13.8. The zero-order valence-corrected chi connectivity index (χ0v) is 11.8. The maximum Gasteiger partial charge on any atom is 0.222 e. The molecule has 3 rings (SSSR count). The summed E-state index contributed by atoms with van der Waals surface area (Å²) in [6.45, 7) is 2.84. The summed E-state index contributed by atoms with van der Waals surface area (Å²) < 4.78 is 12.6. The summed E-state index contributed by atoms with van der Waals surface area (Å²) in [6.07, 6.45) is 2.24. The monoisotopic (exact) mass is 268 g/mol. The van der Waals surface area contributed by atoms with Crippen molar-refractivity contribution in [1.82, 2.24) is 0 Å². The van der Waals surface area contributed by atoms with Crippen molar-refractivity contribution in [3.63, 3.8) is 0 Å². The SMILES string of the molecule is CC1CCCOC(c2ccccc2)(c2ccccc2)O1. The van der Waals surface area contributed by atoms with Gasteiger partial charge in [-0.05, 0) is 19.8 Å². The molecule has 1 fully saturated rings. The van der Waals surface area contributed by atoms with Crippen LogP contribution in [-0.4, -0.2) is 12.7 Å². The third-order valence-electron chi connectivity index (χ3n) is 3.74. The molecule has 1 aliphatic rings. The van der Waals surface area contributed by atoms with Gasteiger partial charge in [-0.1, -0.05) is 60.7 Å². The van der Waals surface area contributed by atoms with E-state index in [0.29, 0.717) is 6.61 Å². The van der Waals surface area contributed by atoms with Crippen molar-refractivity contribution in [3.05, 3.63) is 71.8 Å². The van der Waals surface area contributed by atoms with Crippen LogP contribution in [0.15, 0.2) is 60.7 Å². The van der Waals surface area contributed by atoms with E-state index >= 15 is 0 Å². The summed E-state index contributed by atoms with van der Waals surface area (Å²) in [5, 5.41) is 0. The van der Waals surface area contributed by atoms with Gasteiger partial charge in [-0.2, -0.15) is 0 Å². The normalized spacial score (nSPS) is 22.1. The van der Waals surface area contributed by atoms with E-state index in [4.69, 9.17) is 9.47 Å². The molecule has 1 aliphatic heterocycles. The lowest BCUT2D eigenvalue weighted by Crippen LogP contribution is -2.36. The van der Waals surface area contributed by atoms with E-state index in [0.717, 1.165) is 24.0 Å². The fourth-order valence-electron chi connectivity index (χ4n) is 2.75. The topological polar surface area (TPSA) is 18.5 Å². The highest BCUT2D eigenvalue weighted by molar-refractivity contribution is 5.34. The van der Waals surface area contributed by atoms with E-state index < -0.39 is 5.79 Å². The summed E-state index contributed by atoms with van der Waals surface area (Å²) in [5.74, 6) is -0.779. The van der Waals surface area contributed by atoms with Crippen molar-refractivity contribution < 1.29 is 9.47 Å². The summed E-state index contributed by atoms with van der Waals surface area (Å²) in [7, 11) is 0. The maximum atomic E-state index is 6.35. The lowest BCUT2D eigenvalue weighted by Gasteiger charge is -2.35. The molecule has 0 aromatic heterocycles. The highest BCUT2D eigenvalue weighted by Crippen LogP contribution is 2.38. The molecule has 104 valence electrons. The molecular formula is C18H20O2. The molecular weight excluding hydrogens is 248 g/mol. The highest BCUT2D eigenvalue weighted by atomic mass is 16.7. The van der Waals surface area contributed by atoms with Gasteiger partial charge in [0.05, 0.1) is 12.7 Å². The minimum atomic E-state index is -0.779. The van der Waals surface area contributed by atoms with E-state index in [1.807, 2.05) is 36.4 Å². The predicted octanol–water partition coefficient (Wildman–Crippen LogP) is 4.10. The van der Waals surface area contributed by atoms with Crippen LogP contribution >= 0.6 is 0 Å². The second kappa shape index (κ2) is 5.78. The summed E-state index contributed by atoms with van der Waals surface area (Å²) in [6, 6.07) is 20.5.